The van der Waals surface area contributed by atoms with E-state index in [2.05, 4.69) is 32.4 Å². The number of hydrogen-bond acceptors (Lipinski definition) is 8. The average Bonchev–Trinajstić information content (AvgIpc) is 3.83. The van der Waals surface area contributed by atoms with Crippen LogP contribution < -0.4 is 10.6 Å². The number of fused-ring (bicyclic) bond motifs is 1. The van der Waals surface area contributed by atoms with E-state index in [4.69, 9.17) is 19.4 Å². The molecule has 4 amide bonds. The van der Waals surface area contributed by atoms with Crippen LogP contribution in [0.2, 0.25) is 0 Å². The Morgan fingerprint density at radius 1 is 0.741 bits per heavy atom. The number of imidazole rings is 2. The van der Waals surface area contributed by atoms with Crippen molar-refractivity contribution in [1.29, 1.82) is 0 Å². The molecule has 4 atom stereocenters. The van der Waals surface area contributed by atoms with Crippen molar-refractivity contribution in [3.8, 4) is 23.1 Å². The number of carbonyl (C=O) groups is 4. The Balaban J connectivity index is 0.958. The summed E-state index contributed by atoms with van der Waals surface area (Å²) in [5.74, 6) is 7.59. The van der Waals surface area contributed by atoms with Crippen LogP contribution in [0.1, 0.15) is 101 Å². The van der Waals surface area contributed by atoms with Gasteiger partial charge in [0, 0.05) is 24.2 Å². The molecule has 4 fully saturated rings. The second kappa shape index (κ2) is 15.2. The zero-order chi connectivity index (χ0) is 40.9. The van der Waals surface area contributed by atoms with Crippen LogP contribution in [0.15, 0.2) is 48.7 Å². The maximum Gasteiger partial charge on any atom is 0.407 e. The standard InChI is InChI=1S/C44H52N8O6/c1-25(2)35(49-41(55)57-5)39(53)51-23-43(15-16-43)20-33(51)37-45-22-32(48-37)29-12-9-27(10-13-29)7-8-28-11-14-30-31(19-28)47-38(46-30)34-21-44(17-18-44)24-52(34)40(54)36(26(3)4)50-42(56)58-6/h9-14,19,22,25-26,33-36H,15-18,20-21,23-24H2,1-6H3,(H,45,48)(H,46,47)(H,49,55)(H,50,56). The van der Waals surface area contributed by atoms with E-state index >= 15 is 0 Å². The summed E-state index contributed by atoms with van der Waals surface area (Å²) in [6, 6.07) is 12.0. The lowest BCUT2D eigenvalue weighted by Gasteiger charge is -2.30. The molecule has 4 aromatic rings. The highest BCUT2D eigenvalue weighted by Gasteiger charge is 2.56. The van der Waals surface area contributed by atoms with Gasteiger partial charge in [0.15, 0.2) is 0 Å². The molecule has 4 heterocycles. The maximum absolute atomic E-state index is 13.9. The van der Waals surface area contributed by atoms with E-state index in [1.54, 1.807) is 0 Å². The molecule has 14 nitrogen and oxygen atoms in total. The first kappa shape index (κ1) is 39.0. The van der Waals surface area contributed by atoms with Crippen molar-refractivity contribution < 1.29 is 28.7 Å². The van der Waals surface area contributed by atoms with Crippen molar-refractivity contribution in [1.82, 2.24) is 40.4 Å². The lowest BCUT2D eigenvalue weighted by molar-refractivity contribution is -0.136. The van der Waals surface area contributed by atoms with Crippen LogP contribution in [0.25, 0.3) is 22.3 Å². The molecule has 2 aromatic heterocycles. The molecule has 2 saturated heterocycles. The SMILES string of the molecule is COC(=O)NC(C(=O)N1CC2(CC2)CC1c1ncc(-c2ccc(C#Cc3ccc4nc(C5CC6(CC6)CN5C(=O)C(NC(=O)OC)C(C)C)[nH]c4c3)cc2)[nH]1)C(C)C. The fourth-order valence-electron chi connectivity index (χ4n) is 8.69. The minimum atomic E-state index is -0.696. The third-order valence-electron chi connectivity index (χ3n) is 12.6. The minimum Gasteiger partial charge on any atom is -0.453 e. The molecule has 4 unspecified atom stereocenters. The number of nitrogens with zero attached hydrogens (tertiary/aromatic N) is 4. The molecule has 8 rings (SSSR count). The highest BCUT2D eigenvalue weighted by atomic mass is 16.5. The molecule has 2 aliphatic heterocycles. The van der Waals surface area contributed by atoms with Gasteiger partial charge >= 0.3 is 12.2 Å². The Kier molecular flexibility index (Phi) is 10.2. The van der Waals surface area contributed by atoms with Gasteiger partial charge in [0.05, 0.1) is 49.2 Å². The molecule has 4 N–H and O–H groups in total. The first-order chi connectivity index (χ1) is 27.8. The molecule has 2 spiro atoms. The van der Waals surface area contributed by atoms with Gasteiger partial charge in [0.2, 0.25) is 11.8 Å². The quantitative estimate of drug-likeness (QED) is 0.145. The van der Waals surface area contributed by atoms with Gasteiger partial charge < -0.3 is 39.9 Å². The fraction of sp³-hybridized carbons (Fsp3) is 0.500. The van der Waals surface area contributed by atoms with Crippen LogP contribution in [0.4, 0.5) is 9.59 Å². The van der Waals surface area contributed by atoms with Crippen molar-refractivity contribution in [2.75, 3.05) is 27.3 Å². The van der Waals surface area contributed by atoms with Crippen molar-refractivity contribution in [3.63, 3.8) is 0 Å². The van der Waals surface area contributed by atoms with E-state index in [1.807, 2.05) is 86.2 Å². The van der Waals surface area contributed by atoms with Crippen molar-refractivity contribution >= 4 is 35.0 Å². The van der Waals surface area contributed by atoms with E-state index in [1.165, 1.54) is 14.2 Å². The van der Waals surface area contributed by atoms with Gasteiger partial charge in [0.25, 0.3) is 0 Å². The zero-order valence-electron chi connectivity index (χ0n) is 34.0. The monoisotopic (exact) mass is 788 g/mol. The van der Waals surface area contributed by atoms with E-state index in [-0.39, 0.29) is 46.6 Å². The summed E-state index contributed by atoms with van der Waals surface area (Å²) in [6.07, 6.45) is 6.55. The predicted molar refractivity (Wildman–Crippen MR) is 216 cm³/mol. The number of likely N-dealkylation sites (tertiary alicyclic amines) is 2. The Morgan fingerprint density at radius 3 is 1.78 bits per heavy atom. The number of aromatic amines is 2. The highest BCUT2D eigenvalue weighted by molar-refractivity contribution is 5.87. The van der Waals surface area contributed by atoms with Gasteiger partial charge in [-0.3, -0.25) is 9.59 Å². The number of amides is 4. The Hall–Kier alpha value is -5.84. The molecule has 304 valence electrons. The summed E-state index contributed by atoms with van der Waals surface area (Å²) in [7, 11) is 2.60. The summed E-state index contributed by atoms with van der Waals surface area (Å²) < 4.78 is 9.61. The number of hydrogen-bond donors (Lipinski definition) is 4. The molecule has 2 aliphatic carbocycles. The fourth-order valence-corrected chi connectivity index (χ4v) is 8.69. The van der Waals surface area contributed by atoms with Gasteiger partial charge in [-0.1, -0.05) is 51.7 Å². The van der Waals surface area contributed by atoms with Crippen LogP contribution >= 0.6 is 0 Å². The molecule has 0 radical (unpaired) electrons. The molecule has 4 aliphatic rings. The number of aromatic nitrogens is 4. The summed E-state index contributed by atoms with van der Waals surface area (Å²) >= 11 is 0. The number of ether oxygens (including phenoxy) is 2. The molecule has 2 saturated carbocycles. The number of alkyl carbamates (subject to hydrolysis) is 2. The summed E-state index contributed by atoms with van der Waals surface area (Å²) in [6.45, 7) is 8.96. The molecular weight excluding hydrogens is 737 g/mol. The average molecular weight is 789 g/mol. The van der Waals surface area contributed by atoms with Gasteiger partial charge in [-0.25, -0.2) is 19.6 Å². The van der Waals surface area contributed by atoms with Gasteiger partial charge in [-0.15, -0.1) is 0 Å². The Labute approximate surface area is 338 Å². The van der Waals surface area contributed by atoms with E-state index < -0.39 is 24.3 Å². The first-order valence-electron chi connectivity index (χ1n) is 20.3. The topological polar surface area (TPSA) is 175 Å². The van der Waals surface area contributed by atoms with Crippen LogP contribution in [-0.2, 0) is 19.1 Å². The van der Waals surface area contributed by atoms with E-state index in [9.17, 15) is 19.2 Å². The largest absolute Gasteiger partial charge is 0.453 e. The lowest BCUT2D eigenvalue weighted by Crippen LogP contribution is -2.51. The van der Waals surface area contributed by atoms with Crippen LogP contribution in [-0.4, -0.2) is 93.1 Å². The number of methoxy groups -OCH3 is 2. The molecule has 14 heteroatoms. The van der Waals surface area contributed by atoms with E-state index in [0.29, 0.717) is 13.1 Å². The lowest BCUT2D eigenvalue weighted by atomic mass is 10.0. The zero-order valence-corrected chi connectivity index (χ0v) is 34.0. The number of carbonyl (C=O) groups excluding carboxylic acids is 4. The first-order valence-corrected chi connectivity index (χ1v) is 20.3. The van der Waals surface area contributed by atoms with Crippen LogP contribution in [0.5, 0.6) is 0 Å². The minimum absolute atomic E-state index is 0.109. The van der Waals surface area contributed by atoms with Crippen molar-refractivity contribution in [3.05, 3.63) is 71.4 Å². The number of nitrogens with one attached hydrogen (secondary N) is 4. The van der Waals surface area contributed by atoms with Gasteiger partial charge in [-0.2, -0.15) is 0 Å². The maximum atomic E-state index is 13.9. The highest BCUT2D eigenvalue weighted by Crippen LogP contribution is 2.59. The van der Waals surface area contributed by atoms with Crippen molar-refractivity contribution in [2.24, 2.45) is 22.7 Å². The predicted octanol–water partition coefficient (Wildman–Crippen LogP) is 6.22. The van der Waals surface area contributed by atoms with E-state index in [0.717, 1.165) is 83.6 Å². The normalized spacial score (nSPS) is 20.9. The van der Waals surface area contributed by atoms with Gasteiger partial charge in [0.1, 0.15) is 23.7 Å². The Morgan fingerprint density at radius 2 is 1.26 bits per heavy atom. The molecule has 2 aromatic carbocycles. The summed E-state index contributed by atoms with van der Waals surface area (Å²) in [5, 5.41) is 5.48. The summed E-state index contributed by atoms with van der Waals surface area (Å²) in [4.78, 5) is 72.3. The molecular formula is C44H52N8O6. The third kappa shape index (κ3) is 7.74. The summed E-state index contributed by atoms with van der Waals surface area (Å²) in [5.41, 5.74) is 5.36. The van der Waals surface area contributed by atoms with Crippen LogP contribution in [0, 0.1) is 34.5 Å². The third-order valence-corrected chi connectivity index (χ3v) is 12.6. The van der Waals surface area contributed by atoms with Crippen LogP contribution in [0.3, 0.4) is 0 Å². The smallest absolute Gasteiger partial charge is 0.407 e. The second-order valence-corrected chi connectivity index (χ2v) is 17.5. The Bertz CT molecular complexity index is 2290. The number of H-pyrrole nitrogens is 2. The van der Waals surface area contributed by atoms with Crippen molar-refractivity contribution in [2.45, 2.75) is 90.4 Å². The number of rotatable bonds is 9. The van der Waals surface area contributed by atoms with Gasteiger partial charge in [-0.05, 0) is 97.1 Å². The molecule has 58 heavy (non-hydrogen) atoms. The molecule has 0 bridgehead atoms. The number of benzene rings is 2. The second-order valence-electron chi connectivity index (χ2n) is 17.5.